The highest BCUT2D eigenvalue weighted by atomic mass is 16.7. The fourth-order valence-corrected chi connectivity index (χ4v) is 9.57. The van der Waals surface area contributed by atoms with E-state index in [4.69, 9.17) is 28.5 Å². The molecule has 6 unspecified atom stereocenters. The van der Waals surface area contributed by atoms with Crippen LogP contribution >= 0.6 is 0 Å². The van der Waals surface area contributed by atoms with E-state index in [2.05, 4.69) is 23.1 Å². The maximum atomic E-state index is 14.9. The monoisotopic (exact) mass is 823 g/mol. The van der Waals surface area contributed by atoms with E-state index < -0.39 is 23.8 Å². The number of rotatable bonds is 19. The molecule has 2 aliphatic carbocycles. The van der Waals surface area contributed by atoms with Crippen LogP contribution in [0.15, 0.2) is 96.2 Å². The average molecular weight is 824 g/mol. The van der Waals surface area contributed by atoms with Gasteiger partial charge in [-0.1, -0.05) is 67.4 Å². The Morgan fingerprint density at radius 3 is 2.50 bits per heavy atom. The molecule has 13 heteroatoms. The number of carbonyl (C=O) groups excluding carboxylic acids is 2. The Morgan fingerprint density at radius 2 is 1.75 bits per heavy atom. The van der Waals surface area contributed by atoms with E-state index in [1.807, 2.05) is 54.3 Å². The maximum absolute atomic E-state index is 14.9. The first-order valence-electron chi connectivity index (χ1n) is 21.2. The average Bonchev–Trinajstić information content (AvgIpc) is 3.74. The number of hydrogen-bond donors (Lipinski definition) is 3. The third-order valence-corrected chi connectivity index (χ3v) is 12.1. The fourth-order valence-electron chi connectivity index (χ4n) is 9.57. The largest absolute Gasteiger partial charge is 0.459 e. The minimum absolute atomic E-state index is 0.00670. The highest BCUT2D eigenvalue weighted by Crippen LogP contribution is 2.62. The molecule has 320 valence electrons. The second kappa shape index (κ2) is 19.8. The standard InChI is InChI=1S/C47H57N3O10/c1-4-21-50(45(53)33-17-19-40-41(26-33)57-30-56-40)42-28-38(49-55-3)36-25-32(15-9-11-22-51)35(16-10-12-23-52)43-37-27-34(59-46(54)48-29-31-13-7-6-8-14-31)18-20-39(37)60-47(42,44(36)43)58-24-5-2/h5-8,13-14,17-20,25-27,32,35,42-44,51-52H,2,4,9-12,15-16,21-24,28-30H2,1,3H3,(H,48,54). The highest BCUT2D eigenvalue weighted by molar-refractivity contribution is 6.03. The molecule has 1 fully saturated rings. The minimum Gasteiger partial charge on any atom is -0.459 e. The molecule has 1 saturated carbocycles. The molecular weight excluding hydrogens is 767 g/mol. The van der Waals surface area contributed by atoms with Gasteiger partial charge in [-0.2, -0.15) is 0 Å². The fraction of sp³-hybridized carbons (Fsp3) is 0.468. The summed E-state index contributed by atoms with van der Waals surface area (Å²) in [6, 6.07) is 19.6. The number of benzene rings is 3. The zero-order chi connectivity index (χ0) is 42.1. The summed E-state index contributed by atoms with van der Waals surface area (Å²) in [6.07, 6.45) is 8.76. The van der Waals surface area contributed by atoms with Crippen LogP contribution in [0.5, 0.6) is 23.0 Å². The van der Waals surface area contributed by atoms with Crippen LogP contribution in [0.1, 0.15) is 85.7 Å². The number of ether oxygens (including phenoxy) is 5. The van der Waals surface area contributed by atoms with Crippen molar-refractivity contribution in [2.24, 2.45) is 22.9 Å². The van der Waals surface area contributed by atoms with E-state index >= 15 is 0 Å². The van der Waals surface area contributed by atoms with Crippen molar-refractivity contribution >= 4 is 17.7 Å². The molecule has 6 atom stereocenters. The minimum atomic E-state index is -1.42. The van der Waals surface area contributed by atoms with Crippen molar-refractivity contribution in [3.63, 3.8) is 0 Å². The Balaban J connectivity index is 1.37. The molecule has 0 spiro atoms. The van der Waals surface area contributed by atoms with Gasteiger partial charge in [0.05, 0.1) is 18.2 Å². The van der Waals surface area contributed by atoms with E-state index in [0.717, 1.165) is 42.4 Å². The van der Waals surface area contributed by atoms with Gasteiger partial charge in [-0.05, 0) is 91.5 Å². The van der Waals surface area contributed by atoms with E-state index in [-0.39, 0.29) is 56.7 Å². The van der Waals surface area contributed by atoms with Gasteiger partial charge in [-0.3, -0.25) is 4.79 Å². The number of allylic oxidation sites excluding steroid dienone is 1. The van der Waals surface area contributed by atoms with E-state index in [1.165, 1.54) is 7.11 Å². The molecule has 4 aliphatic rings. The summed E-state index contributed by atoms with van der Waals surface area (Å²) >= 11 is 0. The first-order chi connectivity index (χ1) is 29.3. The summed E-state index contributed by atoms with van der Waals surface area (Å²) in [4.78, 5) is 35.5. The van der Waals surface area contributed by atoms with Crippen molar-refractivity contribution in [3.05, 3.63) is 108 Å². The number of amides is 2. The van der Waals surface area contributed by atoms with Gasteiger partial charge in [0.15, 0.2) is 11.5 Å². The van der Waals surface area contributed by atoms with Gasteiger partial charge >= 0.3 is 6.09 Å². The number of aliphatic hydroxyl groups is 2. The lowest BCUT2D eigenvalue weighted by molar-refractivity contribution is -0.254. The zero-order valence-corrected chi connectivity index (χ0v) is 34.6. The summed E-state index contributed by atoms with van der Waals surface area (Å²) < 4.78 is 31.5. The zero-order valence-electron chi connectivity index (χ0n) is 34.6. The van der Waals surface area contributed by atoms with Gasteiger partial charge in [-0.25, -0.2) is 4.79 Å². The van der Waals surface area contributed by atoms with Crippen LogP contribution in [0.4, 0.5) is 4.79 Å². The number of aliphatic hydroxyl groups excluding tert-OH is 2. The molecule has 3 N–H and O–H groups in total. The molecule has 0 saturated heterocycles. The Bertz CT molecular complexity index is 2040. The molecule has 2 aliphatic heterocycles. The van der Waals surface area contributed by atoms with Gasteiger partial charge in [0.1, 0.15) is 24.7 Å². The van der Waals surface area contributed by atoms with Crippen LogP contribution in [0, 0.1) is 17.8 Å². The molecule has 60 heavy (non-hydrogen) atoms. The van der Waals surface area contributed by atoms with Crippen LogP contribution in [0.25, 0.3) is 0 Å². The van der Waals surface area contributed by atoms with Gasteiger partial charge < -0.3 is 49.0 Å². The van der Waals surface area contributed by atoms with Crippen molar-refractivity contribution in [2.45, 2.75) is 82.6 Å². The number of fused-ring (bicyclic) bond motifs is 3. The van der Waals surface area contributed by atoms with Crippen LogP contribution < -0.4 is 24.3 Å². The molecular formula is C47H57N3O10. The lowest BCUT2D eigenvalue weighted by Crippen LogP contribution is -2.70. The van der Waals surface area contributed by atoms with Gasteiger partial charge in [-0.15, -0.1) is 6.58 Å². The van der Waals surface area contributed by atoms with E-state index in [9.17, 15) is 19.8 Å². The third kappa shape index (κ3) is 8.89. The van der Waals surface area contributed by atoms with Gasteiger partial charge in [0.2, 0.25) is 12.6 Å². The first-order valence-corrected chi connectivity index (χ1v) is 21.2. The number of unbranched alkanes of at least 4 members (excludes halogenated alkanes) is 2. The molecule has 13 nitrogen and oxygen atoms in total. The number of hydrogen-bond acceptors (Lipinski definition) is 11. The van der Waals surface area contributed by atoms with Gasteiger partial charge in [0, 0.05) is 49.8 Å². The van der Waals surface area contributed by atoms with E-state index in [1.54, 1.807) is 30.3 Å². The molecule has 3 aromatic rings. The predicted molar refractivity (Wildman–Crippen MR) is 225 cm³/mol. The second-order valence-corrected chi connectivity index (χ2v) is 15.8. The van der Waals surface area contributed by atoms with Crippen molar-refractivity contribution in [1.29, 1.82) is 0 Å². The quantitative estimate of drug-likeness (QED) is 0.0628. The van der Waals surface area contributed by atoms with Crippen molar-refractivity contribution in [1.82, 2.24) is 10.2 Å². The van der Waals surface area contributed by atoms with Crippen LogP contribution in [0.2, 0.25) is 0 Å². The topological polar surface area (TPSA) is 158 Å². The summed E-state index contributed by atoms with van der Waals surface area (Å²) in [6.45, 7) is 7.11. The van der Waals surface area contributed by atoms with Crippen molar-refractivity contribution in [2.75, 3.05) is 40.3 Å². The normalized spacial score (nSPS) is 24.0. The SMILES string of the molecule is C=CCOC12Oc3ccc(OC(=O)NCc4ccccc4)cc3C3C(CCCCO)C(CCCCO)C=C(C(=NOC)CC1N(CCC)C(=O)c1ccc4c(c1)OCO4)C32. The van der Waals surface area contributed by atoms with Crippen molar-refractivity contribution in [3.8, 4) is 23.0 Å². The summed E-state index contributed by atoms with van der Waals surface area (Å²) in [7, 11) is 1.52. The Morgan fingerprint density at radius 1 is 0.983 bits per heavy atom. The number of carbonyl (C=O) groups is 2. The van der Waals surface area contributed by atoms with Crippen LogP contribution in [-0.4, -0.2) is 84.9 Å². The molecule has 3 aromatic carbocycles. The van der Waals surface area contributed by atoms with Crippen molar-refractivity contribution < 1.29 is 48.3 Å². The summed E-state index contributed by atoms with van der Waals surface area (Å²) in [5, 5.41) is 27.3. The Kier molecular flexibility index (Phi) is 14.1. The molecule has 7 rings (SSSR count). The number of oxime groups is 1. The van der Waals surface area contributed by atoms with E-state index in [0.29, 0.717) is 66.6 Å². The molecule has 2 heterocycles. The van der Waals surface area contributed by atoms with Crippen LogP contribution in [-0.2, 0) is 16.1 Å². The number of nitrogens with zero attached hydrogens (tertiary/aromatic N) is 2. The second-order valence-electron chi connectivity index (χ2n) is 15.8. The maximum Gasteiger partial charge on any atom is 0.412 e. The Hall–Kier alpha value is -5.37. The lowest BCUT2D eigenvalue weighted by Gasteiger charge is -2.60. The lowest BCUT2D eigenvalue weighted by atomic mass is 9.55. The first kappa shape index (κ1) is 42.7. The third-order valence-electron chi connectivity index (χ3n) is 12.1. The smallest absolute Gasteiger partial charge is 0.412 e. The summed E-state index contributed by atoms with van der Waals surface area (Å²) in [5.74, 6) is -0.371. The number of nitrogens with one attached hydrogen (secondary N) is 1. The van der Waals surface area contributed by atoms with Crippen LogP contribution in [0.3, 0.4) is 0 Å². The predicted octanol–water partition coefficient (Wildman–Crippen LogP) is 7.52. The molecule has 0 bridgehead atoms. The molecule has 0 aromatic heterocycles. The molecule has 2 amide bonds. The molecule has 0 radical (unpaired) electrons. The highest BCUT2D eigenvalue weighted by Gasteiger charge is 2.65. The summed E-state index contributed by atoms with van der Waals surface area (Å²) in [5.41, 5.74) is 3.83. The van der Waals surface area contributed by atoms with Gasteiger partial charge in [0.25, 0.3) is 5.91 Å². The Labute approximate surface area is 351 Å².